The Hall–Kier alpha value is -2.59. The van der Waals surface area contributed by atoms with Crippen LogP contribution in [0.5, 0.6) is 0 Å². The van der Waals surface area contributed by atoms with Crippen LogP contribution in [0.25, 0.3) is 0 Å². The molecule has 0 unspecified atom stereocenters. The van der Waals surface area contributed by atoms with Crippen LogP contribution in [0.1, 0.15) is 19.3 Å². The van der Waals surface area contributed by atoms with Crippen LogP contribution in [0.3, 0.4) is 0 Å². The SMILES string of the molecule is O=C1[C@H]2[C@H]3[C@H](O)[C@H](O)CC(=NO[C@@H]4O[C@H](CO)[C@@H](O)[C@H](O)[C@H]4O)[C@@H]3CC[C@H]2C(=O)N1c1ccc(F)cc1F. The largest absolute Gasteiger partial charge is 0.394 e. The summed E-state index contributed by atoms with van der Waals surface area (Å²) in [5.74, 6) is -7.10. The molecule has 1 aromatic carbocycles. The number of ether oxygens (including phenoxy) is 1. The lowest BCUT2D eigenvalue weighted by molar-refractivity contribution is -0.301. The Kier molecular flexibility index (Phi) is 7.24. The van der Waals surface area contributed by atoms with E-state index in [2.05, 4.69) is 5.16 Å². The van der Waals surface area contributed by atoms with Gasteiger partial charge >= 0.3 is 0 Å². The van der Waals surface area contributed by atoms with Crippen molar-refractivity contribution in [1.82, 2.24) is 0 Å². The Morgan fingerprint density at radius 3 is 2.37 bits per heavy atom. The zero-order valence-corrected chi connectivity index (χ0v) is 19.9. The molecule has 0 aromatic heterocycles. The minimum Gasteiger partial charge on any atom is -0.394 e. The van der Waals surface area contributed by atoms with E-state index in [-0.39, 0.29) is 25.0 Å². The third kappa shape index (κ3) is 4.29. The minimum absolute atomic E-state index is 0.171. The summed E-state index contributed by atoms with van der Waals surface area (Å²) in [6.45, 7) is -0.679. The number of imide groups is 1. The summed E-state index contributed by atoms with van der Waals surface area (Å²) in [6.07, 6.45) is -10.4. The molecule has 1 aromatic rings. The van der Waals surface area contributed by atoms with Crippen LogP contribution < -0.4 is 4.90 Å². The van der Waals surface area contributed by atoms with Gasteiger partial charge in [-0.1, -0.05) is 5.16 Å². The highest BCUT2D eigenvalue weighted by Gasteiger charge is 2.60. The van der Waals surface area contributed by atoms with Crippen molar-refractivity contribution < 1.29 is 58.6 Å². The fourth-order valence-corrected chi connectivity index (χ4v) is 6.15. The van der Waals surface area contributed by atoms with Crippen molar-refractivity contribution in [2.24, 2.45) is 28.8 Å². The van der Waals surface area contributed by atoms with Gasteiger partial charge in [-0.05, 0) is 25.0 Å². The second-order valence-corrected chi connectivity index (χ2v) is 10.1. The summed E-state index contributed by atoms with van der Waals surface area (Å²) in [7, 11) is 0. The Balaban J connectivity index is 1.41. The fourth-order valence-electron chi connectivity index (χ4n) is 6.15. The highest BCUT2D eigenvalue weighted by Crippen LogP contribution is 2.50. The van der Waals surface area contributed by atoms with Gasteiger partial charge in [0, 0.05) is 24.3 Å². The van der Waals surface area contributed by atoms with Gasteiger partial charge in [0.25, 0.3) is 6.29 Å². The van der Waals surface area contributed by atoms with E-state index in [1.54, 1.807) is 0 Å². The smallest absolute Gasteiger partial charge is 0.256 e. The third-order valence-electron chi connectivity index (χ3n) is 8.05. The Morgan fingerprint density at radius 2 is 1.68 bits per heavy atom. The highest BCUT2D eigenvalue weighted by atomic mass is 19.1. The number of aliphatic hydroxyl groups excluding tert-OH is 6. The number of hydrogen-bond donors (Lipinski definition) is 6. The number of halogens is 2. The van der Waals surface area contributed by atoms with Crippen molar-refractivity contribution in [2.75, 3.05) is 11.5 Å². The zero-order valence-electron chi connectivity index (χ0n) is 19.9. The summed E-state index contributed by atoms with van der Waals surface area (Å²) in [6, 6.07) is 2.47. The molecule has 5 rings (SSSR count). The number of anilines is 1. The van der Waals surface area contributed by atoms with Gasteiger partial charge in [-0.2, -0.15) is 0 Å². The van der Waals surface area contributed by atoms with Crippen molar-refractivity contribution in [3.05, 3.63) is 29.8 Å². The number of benzene rings is 1. The quantitative estimate of drug-likeness (QED) is 0.191. The molecule has 2 aliphatic carbocycles. The van der Waals surface area contributed by atoms with Gasteiger partial charge in [-0.15, -0.1) is 0 Å². The van der Waals surface area contributed by atoms with Crippen LogP contribution in [0.15, 0.2) is 23.4 Å². The second kappa shape index (κ2) is 10.2. The predicted molar refractivity (Wildman–Crippen MR) is 121 cm³/mol. The minimum atomic E-state index is -1.73. The topological polar surface area (TPSA) is 190 Å². The Morgan fingerprint density at radius 1 is 0.974 bits per heavy atom. The first kappa shape index (κ1) is 27.0. The Bertz CT molecular complexity index is 1140. The molecule has 2 saturated heterocycles. The van der Waals surface area contributed by atoms with E-state index in [9.17, 15) is 49.0 Å². The van der Waals surface area contributed by atoms with Crippen molar-refractivity contribution in [3.8, 4) is 0 Å². The van der Waals surface area contributed by atoms with Gasteiger partial charge in [0.2, 0.25) is 11.8 Å². The first-order valence-corrected chi connectivity index (χ1v) is 12.3. The lowest BCUT2D eigenvalue weighted by Crippen LogP contribution is -2.59. The van der Waals surface area contributed by atoms with E-state index < -0.39 is 102 Å². The number of hydrogen-bond acceptors (Lipinski definition) is 11. The molecule has 38 heavy (non-hydrogen) atoms. The fraction of sp³-hybridized carbons (Fsp3) is 0.625. The summed E-state index contributed by atoms with van der Waals surface area (Å²) < 4.78 is 33.2. The third-order valence-corrected chi connectivity index (χ3v) is 8.05. The maximum atomic E-state index is 14.5. The summed E-state index contributed by atoms with van der Waals surface area (Å²) in [5, 5.41) is 64.9. The zero-order chi connectivity index (χ0) is 27.5. The van der Waals surface area contributed by atoms with E-state index >= 15 is 0 Å². The molecule has 2 aliphatic heterocycles. The molecule has 0 bridgehead atoms. The summed E-state index contributed by atoms with van der Waals surface area (Å²) in [4.78, 5) is 32.5. The molecule has 2 heterocycles. The molecule has 4 fully saturated rings. The molecule has 11 atom stereocenters. The highest BCUT2D eigenvalue weighted by molar-refractivity contribution is 6.22. The molecule has 4 aliphatic rings. The van der Waals surface area contributed by atoms with Crippen LogP contribution >= 0.6 is 0 Å². The molecular weight excluding hydrogens is 514 g/mol. The van der Waals surface area contributed by atoms with Gasteiger partial charge in [0.15, 0.2) is 0 Å². The number of carbonyl (C=O) groups is 2. The average molecular weight is 542 g/mol. The number of oxime groups is 1. The van der Waals surface area contributed by atoms with E-state index in [4.69, 9.17) is 9.57 Å². The molecule has 12 nitrogen and oxygen atoms in total. The molecular formula is C24H28F2N2O10. The lowest BCUT2D eigenvalue weighted by atomic mass is 9.60. The van der Waals surface area contributed by atoms with Crippen LogP contribution in [0.2, 0.25) is 0 Å². The first-order valence-electron chi connectivity index (χ1n) is 12.3. The Labute approximate surface area is 214 Å². The van der Waals surface area contributed by atoms with Crippen molar-refractivity contribution in [2.45, 2.75) is 62.2 Å². The maximum absolute atomic E-state index is 14.5. The van der Waals surface area contributed by atoms with E-state index in [1.165, 1.54) is 0 Å². The van der Waals surface area contributed by atoms with Crippen LogP contribution in [-0.4, -0.2) is 97.7 Å². The molecule has 14 heteroatoms. The standard InChI is InChI=1S/C24H28F2N2O10/c25-8-1-4-13(11(26)5-8)28-22(35)10-3-2-9-12(6-14(30)18(31)16(9)17(10)23(28)36)27-38-24-21(34)20(33)19(32)15(7-29)37-24/h1,4-5,9-10,14-21,24,29-34H,2-3,6-7H2/t9-,10+,14+,15+,16-,17+,18+,19+,20-,21+,24-/m0/s1. The monoisotopic (exact) mass is 542 g/mol. The van der Waals surface area contributed by atoms with Gasteiger partial charge in [-0.3, -0.25) is 9.59 Å². The maximum Gasteiger partial charge on any atom is 0.256 e. The molecule has 208 valence electrons. The number of amides is 2. The van der Waals surface area contributed by atoms with Crippen molar-refractivity contribution in [1.29, 1.82) is 0 Å². The lowest BCUT2D eigenvalue weighted by Gasteiger charge is -2.45. The van der Waals surface area contributed by atoms with Crippen LogP contribution in [-0.2, 0) is 19.2 Å². The van der Waals surface area contributed by atoms with E-state index in [0.29, 0.717) is 11.0 Å². The molecule has 0 spiro atoms. The summed E-state index contributed by atoms with van der Waals surface area (Å²) >= 11 is 0. The number of fused-ring (bicyclic) bond motifs is 3. The van der Waals surface area contributed by atoms with Crippen molar-refractivity contribution in [3.63, 3.8) is 0 Å². The number of nitrogens with zero attached hydrogens (tertiary/aromatic N) is 2. The number of aliphatic hydroxyl groups is 6. The van der Waals surface area contributed by atoms with Gasteiger partial charge < -0.3 is 40.2 Å². The number of rotatable bonds is 4. The molecule has 2 amide bonds. The van der Waals surface area contributed by atoms with E-state index in [0.717, 1.165) is 12.1 Å². The van der Waals surface area contributed by atoms with Gasteiger partial charge in [-0.25, -0.2) is 13.7 Å². The van der Waals surface area contributed by atoms with E-state index in [1.807, 2.05) is 0 Å². The summed E-state index contributed by atoms with van der Waals surface area (Å²) in [5.41, 5.74) is -0.201. The molecule has 6 N–H and O–H groups in total. The predicted octanol–water partition coefficient (Wildman–Crippen LogP) is -1.61. The molecule has 2 saturated carbocycles. The normalized spacial score (nSPS) is 42.3. The van der Waals surface area contributed by atoms with Gasteiger partial charge in [0.05, 0.1) is 42.0 Å². The first-order chi connectivity index (χ1) is 18.0. The second-order valence-electron chi connectivity index (χ2n) is 10.1. The average Bonchev–Trinajstić information content (AvgIpc) is 3.14. The van der Waals surface area contributed by atoms with Crippen LogP contribution in [0.4, 0.5) is 14.5 Å². The van der Waals surface area contributed by atoms with Crippen LogP contribution in [0, 0.1) is 35.3 Å². The molecule has 0 radical (unpaired) electrons. The van der Waals surface area contributed by atoms with Gasteiger partial charge in [0.1, 0.15) is 36.1 Å². The van der Waals surface area contributed by atoms with Crippen molar-refractivity contribution >= 4 is 23.2 Å². The number of carbonyl (C=O) groups excluding carboxylic acids is 2.